The van der Waals surface area contributed by atoms with E-state index in [0.717, 1.165) is 6.42 Å². The summed E-state index contributed by atoms with van der Waals surface area (Å²) in [5.41, 5.74) is 0. The van der Waals surface area contributed by atoms with Crippen molar-refractivity contribution >= 4 is 8.32 Å². The highest BCUT2D eigenvalue weighted by atomic mass is 28.4. The third-order valence-corrected chi connectivity index (χ3v) is 3.72. The molecule has 0 rings (SSSR count). The van der Waals surface area contributed by atoms with E-state index in [-0.39, 0.29) is 0 Å². The molecular weight excluding hydrogens is 224 g/mol. The second-order valence-corrected chi connectivity index (χ2v) is 10.3. The minimum absolute atomic E-state index is 0.516. The molecule has 0 saturated carbocycles. The Hall–Kier alpha value is -0.0831. The number of allylic oxidation sites excluding steroid dienone is 2. The molecule has 0 aromatic rings. The lowest BCUT2D eigenvalue weighted by atomic mass is 10.1. The van der Waals surface area contributed by atoms with Gasteiger partial charge in [0, 0.05) is 6.10 Å². The van der Waals surface area contributed by atoms with Gasteiger partial charge < -0.3 is 4.43 Å². The molecule has 0 aromatic carbocycles. The van der Waals surface area contributed by atoms with Crippen molar-refractivity contribution in [2.24, 2.45) is 0 Å². The molecule has 0 radical (unpaired) electrons. The molecule has 0 aliphatic rings. The summed E-state index contributed by atoms with van der Waals surface area (Å²) in [4.78, 5) is 0. The number of unbranched alkanes of at least 4 members (excludes halogenated alkanes) is 2. The average Bonchev–Trinajstić information content (AvgIpc) is 2.21. The predicted molar refractivity (Wildman–Crippen MR) is 81.0 cm³/mol. The zero-order valence-electron chi connectivity index (χ0n) is 12.6. The van der Waals surface area contributed by atoms with Crippen LogP contribution in [0, 0.1) is 0 Å². The van der Waals surface area contributed by atoms with Crippen molar-refractivity contribution in [3.05, 3.63) is 12.2 Å². The van der Waals surface area contributed by atoms with Crippen LogP contribution in [0.25, 0.3) is 0 Å². The van der Waals surface area contributed by atoms with E-state index >= 15 is 0 Å². The molecule has 0 N–H and O–H groups in total. The van der Waals surface area contributed by atoms with Gasteiger partial charge >= 0.3 is 0 Å². The van der Waals surface area contributed by atoms with E-state index in [0.29, 0.717) is 6.10 Å². The van der Waals surface area contributed by atoms with E-state index in [4.69, 9.17) is 4.43 Å². The van der Waals surface area contributed by atoms with E-state index in [1.54, 1.807) is 0 Å². The normalized spacial score (nSPS) is 14.4. The van der Waals surface area contributed by atoms with Crippen molar-refractivity contribution in [2.45, 2.75) is 84.5 Å². The van der Waals surface area contributed by atoms with Crippen LogP contribution >= 0.6 is 0 Å². The number of hydrogen-bond acceptors (Lipinski definition) is 1. The zero-order valence-corrected chi connectivity index (χ0v) is 13.6. The van der Waals surface area contributed by atoms with Gasteiger partial charge in [0.05, 0.1) is 0 Å². The fourth-order valence-corrected chi connectivity index (χ4v) is 3.24. The van der Waals surface area contributed by atoms with Crippen LogP contribution in [-0.2, 0) is 4.43 Å². The lowest BCUT2D eigenvalue weighted by molar-refractivity contribution is 0.169. The standard InChI is InChI=1S/C15H32OSi/c1-6-8-9-10-11-12-14-15(13-7-2)16-17(3,4)5/h8-9,15H,6-7,10-14H2,1-5H3. The van der Waals surface area contributed by atoms with Crippen molar-refractivity contribution in [2.75, 3.05) is 0 Å². The summed E-state index contributed by atoms with van der Waals surface area (Å²) in [5, 5.41) is 0. The molecule has 0 heterocycles. The Morgan fingerprint density at radius 2 is 1.71 bits per heavy atom. The van der Waals surface area contributed by atoms with Crippen molar-refractivity contribution in [3.63, 3.8) is 0 Å². The lowest BCUT2D eigenvalue weighted by Crippen LogP contribution is -2.32. The molecule has 0 fully saturated rings. The third kappa shape index (κ3) is 12.2. The fourth-order valence-electron chi connectivity index (χ4n) is 2.00. The van der Waals surface area contributed by atoms with E-state index in [1.165, 1.54) is 38.5 Å². The third-order valence-electron chi connectivity index (χ3n) is 2.68. The van der Waals surface area contributed by atoms with Gasteiger partial charge in [0.15, 0.2) is 8.32 Å². The van der Waals surface area contributed by atoms with Crippen LogP contribution in [0.4, 0.5) is 0 Å². The Bertz CT molecular complexity index is 194. The van der Waals surface area contributed by atoms with Crippen LogP contribution in [0.15, 0.2) is 12.2 Å². The molecule has 2 heteroatoms. The summed E-state index contributed by atoms with van der Waals surface area (Å²) >= 11 is 0. The lowest BCUT2D eigenvalue weighted by Gasteiger charge is -2.26. The first-order valence-corrected chi connectivity index (χ1v) is 10.7. The highest BCUT2D eigenvalue weighted by Gasteiger charge is 2.19. The molecule has 0 aromatic heterocycles. The van der Waals surface area contributed by atoms with Gasteiger partial charge in [0.2, 0.25) is 0 Å². The van der Waals surface area contributed by atoms with Gasteiger partial charge in [-0.1, -0.05) is 38.8 Å². The first kappa shape index (κ1) is 16.9. The Morgan fingerprint density at radius 1 is 1.00 bits per heavy atom. The van der Waals surface area contributed by atoms with Crippen molar-refractivity contribution in [1.29, 1.82) is 0 Å². The Kier molecular flexibility index (Phi) is 9.85. The molecule has 17 heavy (non-hydrogen) atoms. The summed E-state index contributed by atoms with van der Waals surface area (Å²) < 4.78 is 6.23. The molecule has 0 amide bonds. The van der Waals surface area contributed by atoms with Gasteiger partial charge in [-0.3, -0.25) is 0 Å². The smallest absolute Gasteiger partial charge is 0.184 e. The largest absolute Gasteiger partial charge is 0.415 e. The van der Waals surface area contributed by atoms with Gasteiger partial charge in [0.25, 0.3) is 0 Å². The van der Waals surface area contributed by atoms with Crippen LogP contribution in [-0.4, -0.2) is 14.4 Å². The summed E-state index contributed by atoms with van der Waals surface area (Å²) in [7, 11) is -1.35. The van der Waals surface area contributed by atoms with Gasteiger partial charge in [-0.15, -0.1) is 0 Å². The van der Waals surface area contributed by atoms with E-state index < -0.39 is 8.32 Å². The average molecular weight is 257 g/mol. The minimum Gasteiger partial charge on any atom is -0.415 e. The maximum Gasteiger partial charge on any atom is 0.184 e. The molecule has 0 aliphatic heterocycles. The maximum atomic E-state index is 6.23. The summed E-state index contributed by atoms with van der Waals surface area (Å²) in [5.74, 6) is 0. The van der Waals surface area contributed by atoms with Crippen molar-refractivity contribution in [1.82, 2.24) is 0 Å². The molecule has 0 bridgehead atoms. The van der Waals surface area contributed by atoms with Crippen molar-refractivity contribution < 1.29 is 4.43 Å². The van der Waals surface area contributed by atoms with E-state index in [2.05, 4.69) is 45.6 Å². The summed E-state index contributed by atoms with van der Waals surface area (Å²) in [6.45, 7) is 11.3. The quantitative estimate of drug-likeness (QED) is 0.283. The van der Waals surface area contributed by atoms with Gasteiger partial charge in [-0.05, 0) is 51.7 Å². The van der Waals surface area contributed by atoms with Crippen molar-refractivity contribution in [3.8, 4) is 0 Å². The van der Waals surface area contributed by atoms with Crippen LogP contribution in [0.5, 0.6) is 0 Å². The van der Waals surface area contributed by atoms with Gasteiger partial charge in [-0.2, -0.15) is 0 Å². The molecule has 1 atom stereocenters. The SMILES string of the molecule is CCC=CCCCCC(CCC)O[Si](C)(C)C. The summed E-state index contributed by atoms with van der Waals surface area (Å²) in [6.07, 6.45) is 13.8. The maximum absolute atomic E-state index is 6.23. The highest BCUT2D eigenvalue weighted by molar-refractivity contribution is 6.69. The minimum atomic E-state index is -1.35. The molecule has 0 saturated heterocycles. The molecular formula is C15H32OSi. The Balaban J connectivity index is 3.73. The van der Waals surface area contributed by atoms with E-state index in [1.807, 2.05) is 0 Å². The zero-order chi connectivity index (χ0) is 13.1. The van der Waals surface area contributed by atoms with Gasteiger partial charge in [-0.25, -0.2) is 0 Å². The molecule has 0 aliphatic carbocycles. The topological polar surface area (TPSA) is 9.23 Å². The number of hydrogen-bond donors (Lipinski definition) is 0. The second kappa shape index (κ2) is 9.90. The fraction of sp³-hybridized carbons (Fsp3) is 0.867. The molecule has 1 nitrogen and oxygen atoms in total. The monoisotopic (exact) mass is 256 g/mol. The first-order valence-electron chi connectivity index (χ1n) is 7.32. The molecule has 1 unspecified atom stereocenters. The first-order chi connectivity index (χ1) is 7.99. The Labute approximate surface area is 110 Å². The van der Waals surface area contributed by atoms with Crippen LogP contribution in [0.3, 0.4) is 0 Å². The van der Waals surface area contributed by atoms with Crippen LogP contribution in [0.1, 0.15) is 58.8 Å². The van der Waals surface area contributed by atoms with E-state index in [9.17, 15) is 0 Å². The van der Waals surface area contributed by atoms with Gasteiger partial charge in [0.1, 0.15) is 0 Å². The van der Waals surface area contributed by atoms with Crippen LogP contribution in [0.2, 0.25) is 19.6 Å². The molecule has 0 spiro atoms. The second-order valence-electron chi connectivity index (χ2n) is 5.81. The van der Waals surface area contributed by atoms with Crippen LogP contribution < -0.4 is 0 Å². The Morgan fingerprint density at radius 3 is 2.24 bits per heavy atom. The molecule has 102 valence electrons. The highest BCUT2D eigenvalue weighted by Crippen LogP contribution is 2.17. The predicted octanol–water partition coefficient (Wildman–Crippen LogP) is 5.53. The number of rotatable bonds is 10. The summed E-state index contributed by atoms with van der Waals surface area (Å²) in [6, 6.07) is 0.